The second-order valence-corrected chi connectivity index (χ2v) is 7.07. The van der Waals surface area contributed by atoms with Gasteiger partial charge in [-0.3, -0.25) is 9.78 Å². The first-order valence-corrected chi connectivity index (χ1v) is 9.50. The van der Waals surface area contributed by atoms with Crippen LogP contribution < -0.4 is 15.8 Å². The maximum Gasteiger partial charge on any atom is 0.417 e. The fourth-order valence-corrected chi connectivity index (χ4v) is 3.60. The molecular weight excluding hydrogens is 378 g/mol. The lowest BCUT2D eigenvalue weighted by Gasteiger charge is -2.04. The Kier molecular flexibility index (Phi) is 4.94. The second-order valence-electron chi connectivity index (χ2n) is 6.13. The number of amides is 1. The van der Waals surface area contributed by atoms with Crippen LogP contribution in [-0.2, 0) is 11.2 Å². The summed E-state index contributed by atoms with van der Waals surface area (Å²) < 4.78 is 10.1. The summed E-state index contributed by atoms with van der Waals surface area (Å²) in [7, 11) is 1.63. The third kappa shape index (κ3) is 3.96. The summed E-state index contributed by atoms with van der Waals surface area (Å²) >= 11 is 1.53. The minimum Gasteiger partial charge on any atom is -0.497 e. The molecule has 2 aromatic heterocycles. The third-order valence-corrected chi connectivity index (χ3v) is 5.11. The second kappa shape index (κ2) is 7.69. The van der Waals surface area contributed by atoms with Crippen LogP contribution in [0.4, 0.5) is 5.69 Å². The topological polar surface area (TPSA) is 97.2 Å². The molecule has 0 aliphatic carbocycles. The van der Waals surface area contributed by atoms with Crippen molar-refractivity contribution in [1.29, 1.82) is 0 Å². The van der Waals surface area contributed by atoms with Gasteiger partial charge in [-0.2, -0.15) is 0 Å². The molecule has 0 spiro atoms. The van der Waals surface area contributed by atoms with Crippen LogP contribution in [0.5, 0.6) is 5.75 Å². The van der Waals surface area contributed by atoms with Gasteiger partial charge in [-0.15, -0.1) is 11.3 Å². The Hall–Kier alpha value is -3.39. The van der Waals surface area contributed by atoms with Gasteiger partial charge < -0.3 is 14.5 Å². The molecule has 7 nitrogen and oxygen atoms in total. The van der Waals surface area contributed by atoms with Crippen LogP contribution in [-0.4, -0.2) is 23.0 Å². The van der Waals surface area contributed by atoms with Gasteiger partial charge in [0.1, 0.15) is 5.75 Å². The molecule has 0 radical (unpaired) electrons. The maximum absolute atomic E-state index is 12.2. The van der Waals surface area contributed by atoms with Crippen molar-refractivity contribution in [3.63, 3.8) is 0 Å². The third-order valence-electron chi connectivity index (χ3n) is 4.21. The number of thiazole rings is 1. The van der Waals surface area contributed by atoms with Gasteiger partial charge in [-0.05, 0) is 42.5 Å². The normalized spacial score (nSPS) is 10.9. The average molecular weight is 395 g/mol. The Labute approximate surface area is 164 Å². The molecule has 28 heavy (non-hydrogen) atoms. The van der Waals surface area contributed by atoms with Gasteiger partial charge in [0.15, 0.2) is 5.58 Å². The SMILES string of the molecule is COc1ccc(-c2csc(CCC(=O)Nc3ccc4oc(=O)[nH]c4c3)n2)cc1. The average Bonchev–Trinajstić information content (AvgIpc) is 3.32. The summed E-state index contributed by atoms with van der Waals surface area (Å²) in [5, 5.41) is 5.71. The number of H-pyrrole nitrogens is 1. The molecule has 4 rings (SSSR count). The standard InChI is InChI=1S/C20H17N3O4S/c1-26-14-5-2-12(3-6-14)16-11-28-19(22-16)9-8-18(24)21-13-4-7-17-15(10-13)23-20(25)27-17/h2-7,10-11H,8-9H2,1H3,(H,21,24)(H,23,25). The zero-order valence-electron chi connectivity index (χ0n) is 15.0. The van der Waals surface area contributed by atoms with E-state index in [4.69, 9.17) is 9.15 Å². The number of hydrogen-bond acceptors (Lipinski definition) is 6. The van der Waals surface area contributed by atoms with Crippen molar-refractivity contribution in [2.75, 3.05) is 12.4 Å². The number of fused-ring (bicyclic) bond motifs is 1. The van der Waals surface area contributed by atoms with Crippen molar-refractivity contribution in [2.24, 2.45) is 0 Å². The number of oxazole rings is 1. The number of carbonyl (C=O) groups excluding carboxylic acids is 1. The van der Waals surface area contributed by atoms with E-state index in [1.54, 1.807) is 25.3 Å². The molecule has 2 aromatic carbocycles. The monoisotopic (exact) mass is 395 g/mol. The zero-order valence-corrected chi connectivity index (χ0v) is 15.8. The Morgan fingerprint density at radius 1 is 1.25 bits per heavy atom. The Morgan fingerprint density at radius 3 is 2.86 bits per heavy atom. The van der Waals surface area contributed by atoms with E-state index in [0.717, 1.165) is 22.0 Å². The number of aryl methyl sites for hydroxylation is 1. The van der Waals surface area contributed by atoms with Crippen molar-refractivity contribution in [3.8, 4) is 17.0 Å². The first kappa shape index (κ1) is 18.0. The maximum atomic E-state index is 12.2. The molecule has 0 unspecified atom stereocenters. The Bertz CT molecular complexity index is 1170. The molecule has 0 bridgehead atoms. The van der Waals surface area contributed by atoms with Crippen LogP contribution in [0.25, 0.3) is 22.4 Å². The molecule has 8 heteroatoms. The number of hydrogen-bond donors (Lipinski definition) is 2. The highest BCUT2D eigenvalue weighted by Crippen LogP contribution is 2.25. The quantitative estimate of drug-likeness (QED) is 0.517. The van der Waals surface area contributed by atoms with Gasteiger partial charge in [0, 0.05) is 29.5 Å². The van der Waals surface area contributed by atoms with E-state index in [2.05, 4.69) is 15.3 Å². The molecule has 1 amide bonds. The first-order valence-electron chi connectivity index (χ1n) is 8.62. The van der Waals surface area contributed by atoms with Crippen LogP contribution in [0.1, 0.15) is 11.4 Å². The molecule has 4 aromatic rings. The van der Waals surface area contributed by atoms with Gasteiger partial charge in [0.05, 0.1) is 23.3 Å². The van der Waals surface area contributed by atoms with Crippen molar-refractivity contribution < 1.29 is 13.9 Å². The van der Waals surface area contributed by atoms with E-state index in [0.29, 0.717) is 29.6 Å². The predicted molar refractivity (Wildman–Crippen MR) is 108 cm³/mol. The zero-order chi connectivity index (χ0) is 19.5. The summed E-state index contributed by atoms with van der Waals surface area (Å²) in [6.45, 7) is 0. The Morgan fingerprint density at radius 2 is 2.07 bits per heavy atom. The number of aromatic nitrogens is 2. The van der Waals surface area contributed by atoms with E-state index in [-0.39, 0.29) is 5.91 Å². The molecule has 0 atom stereocenters. The van der Waals surface area contributed by atoms with Gasteiger partial charge >= 0.3 is 5.76 Å². The number of rotatable bonds is 6. The van der Waals surface area contributed by atoms with Crippen molar-refractivity contribution >= 4 is 34.0 Å². The smallest absolute Gasteiger partial charge is 0.417 e. The van der Waals surface area contributed by atoms with E-state index in [1.165, 1.54) is 11.3 Å². The van der Waals surface area contributed by atoms with E-state index in [9.17, 15) is 9.59 Å². The minimum absolute atomic E-state index is 0.119. The van der Waals surface area contributed by atoms with Crippen LogP contribution in [0.15, 0.2) is 57.1 Å². The number of methoxy groups -OCH3 is 1. The van der Waals surface area contributed by atoms with Gasteiger partial charge in [0.2, 0.25) is 5.91 Å². The van der Waals surface area contributed by atoms with E-state index in [1.807, 2.05) is 29.6 Å². The van der Waals surface area contributed by atoms with Crippen LogP contribution in [0.3, 0.4) is 0 Å². The highest BCUT2D eigenvalue weighted by molar-refractivity contribution is 7.09. The number of anilines is 1. The number of benzene rings is 2. The van der Waals surface area contributed by atoms with Gasteiger partial charge in [-0.25, -0.2) is 9.78 Å². The van der Waals surface area contributed by atoms with Crippen molar-refractivity contribution in [3.05, 3.63) is 63.4 Å². The summed E-state index contributed by atoms with van der Waals surface area (Å²) in [4.78, 5) is 30.6. The van der Waals surface area contributed by atoms with Crippen LogP contribution in [0.2, 0.25) is 0 Å². The van der Waals surface area contributed by atoms with Crippen LogP contribution in [0, 0.1) is 0 Å². The molecular formula is C20H17N3O4S. The number of ether oxygens (including phenoxy) is 1. The lowest BCUT2D eigenvalue weighted by atomic mass is 10.2. The number of carbonyl (C=O) groups is 1. The van der Waals surface area contributed by atoms with Gasteiger partial charge in [0.25, 0.3) is 0 Å². The molecule has 0 aliphatic rings. The largest absolute Gasteiger partial charge is 0.497 e. The van der Waals surface area contributed by atoms with E-state index >= 15 is 0 Å². The predicted octanol–water partition coefficient (Wildman–Crippen LogP) is 3.82. The molecule has 2 heterocycles. The molecule has 2 N–H and O–H groups in total. The van der Waals surface area contributed by atoms with Crippen molar-refractivity contribution in [1.82, 2.24) is 9.97 Å². The highest BCUT2D eigenvalue weighted by Gasteiger charge is 2.09. The molecule has 142 valence electrons. The minimum atomic E-state index is -0.519. The summed E-state index contributed by atoms with van der Waals surface area (Å²) in [6, 6.07) is 12.7. The molecule has 0 saturated heterocycles. The van der Waals surface area contributed by atoms with Crippen molar-refractivity contribution in [2.45, 2.75) is 12.8 Å². The molecule has 0 aliphatic heterocycles. The summed E-state index contributed by atoms with van der Waals surface area (Å²) in [6.07, 6.45) is 0.868. The molecule has 0 saturated carbocycles. The van der Waals surface area contributed by atoms with Gasteiger partial charge in [-0.1, -0.05) is 0 Å². The molecule has 0 fully saturated rings. The summed E-state index contributed by atoms with van der Waals surface area (Å²) in [5.41, 5.74) is 3.50. The lowest BCUT2D eigenvalue weighted by molar-refractivity contribution is -0.116. The van der Waals surface area contributed by atoms with E-state index < -0.39 is 5.76 Å². The number of nitrogens with one attached hydrogen (secondary N) is 2. The fraction of sp³-hybridized carbons (Fsp3) is 0.150. The Balaban J connectivity index is 1.36. The lowest BCUT2D eigenvalue weighted by Crippen LogP contribution is -2.12. The summed E-state index contributed by atoms with van der Waals surface area (Å²) in [5.74, 6) is 0.162. The number of nitrogens with zero attached hydrogens (tertiary/aromatic N) is 1. The first-order chi connectivity index (χ1) is 13.6. The number of aromatic amines is 1. The van der Waals surface area contributed by atoms with Crippen LogP contribution >= 0.6 is 11.3 Å². The highest BCUT2D eigenvalue weighted by atomic mass is 32.1. The fourth-order valence-electron chi connectivity index (χ4n) is 2.79.